The minimum atomic E-state index is 0.323. The molecule has 0 spiro atoms. The van der Waals surface area contributed by atoms with Gasteiger partial charge in [0.2, 0.25) is 0 Å². The summed E-state index contributed by atoms with van der Waals surface area (Å²) < 4.78 is 7.65. The second-order valence-corrected chi connectivity index (χ2v) is 6.61. The van der Waals surface area contributed by atoms with Crippen LogP contribution in [0.3, 0.4) is 0 Å². The Morgan fingerprint density at radius 2 is 2.08 bits per heavy atom. The van der Waals surface area contributed by atoms with Crippen LogP contribution < -0.4 is 5.32 Å². The van der Waals surface area contributed by atoms with Gasteiger partial charge in [-0.15, -0.1) is 0 Å². The normalized spacial score (nSPS) is 22.0. The first-order valence-corrected chi connectivity index (χ1v) is 8.63. The molecule has 130 valence electrons. The molecule has 1 fully saturated rings. The standard InChI is InChI=1S/C18H27N5O/c1-14-11-23(12-15(2)24-14)8-7-20-10-17-13-22(3)21-18(17)16-5-4-6-19-9-16/h4-6,9,13-15,20H,7-8,10-12H2,1-3H3/t14-,15+. The van der Waals surface area contributed by atoms with Crippen LogP contribution in [-0.4, -0.2) is 58.1 Å². The molecule has 3 rings (SSSR count). The summed E-state index contributed by atoms with van der Waals surface area (Å²) in [7, 11) is 1.96. The summed E-state index contributed by atoms with van der Waals surface area (Å²) in [5.74, 6) is 0. The summed E-state index contributed by atoms with van der Waals surface area (Å²) in [5.41, 5.74) is 3.27. The summed E-state index contributed by atoms with van der Waals surface area (Å²) in [6.45, 7) is 9.13. The van der Waals surface area contributed by atoms with Gasteiger partial charge in [-0.05, 0) is 26.0 Å². The number of pyridine rings is 1. The van der Waals surface area contributed by atoms with Gasteiger partial charge in [-0.2, -0.15) is 5.10 Å². The number of hydrogen-bond donors (Lipinski definition) is 1. The van der Waals surface area contributed by atoms with Gasteiger partial charge in [0.25, 0.3) is 0 Å². The third-order valence-corrected chi connectivity index (χ3v) is 4.26. The number of ether oxygens (including phenoxy) is 1. The van der Waals surface area contributed by atoms with Crippen LogP contribution in [0.4, 0.5) is 0 Å². The van der Waals surface area contributed by atoms with E-state index >= 15 is 0 Å². The van der Waals surface area contributed by atoms with Crippen molar-refractivity contribution in [1.82, 2.24) is 25.0 Å². The van der Waals surface area contributed by atoms with Crippen molar-refractivity contribution < 1.29 is 4.74 Å². The Morgan fingerprint density at radius 3 is 2.79 bits per heavy atom. The predicted octanol–water partition coefficient (Wildman–Crippen LogP) is 1.68. The highest BCUT2D eigenvalue weighted by Crippen LogP contribution is 2.20. The van der Waals surface area contributed by atoms with Crippen LogP contribution in [0.5, 0.6) is 0 Å². The van der Waals surface area contributed by atoms with E-state index in [1.54, 1.807) is 6.20 Å². The molecule has 1 aliphatic rings. The smallest absolute Gasteiger partial charge is 0.0983 e. The minimum Gasteiger partial charge on any atom is -0.373 e. The highest BCUT2D eigenvalue weighted by molar-refractivity contribution is 5.61. The Labute approximate surface area is 143 Å². The average molecular weight is 329 g/mol. The monoisotopic (exact) mass is 329 g/mol. The molecule has 0 amide bonds. The SMILES string of the molecule is C[C@@H]1CN(CCNCc2cn(C)nc2-c2cccnc2)C[C@H](C)O1. The second kappa shape index (κ2) is 7.88. The number of morpholine rings is 1. The molecule has 1 aliphatic heterocycles. The summed E-state index contributed by atoms with van der Waals surface area (Å²) in [6.07, 6.45) is 6.37. The highest BCUT2D eigenvalue weighted by Gasteiger charge is 2.21. The van der Waals surface area contributed by atoms with Crippen molar-refractivity contribution in [2.24, 2.45) is 7.05 Å². The zero-order chi connectivity index (χ0) is 16.9. The van der Waals surface area contributed by atoms with Crippen molar-refractivity contribution in [3.63, 3.8) is 0 Å². The van der Waals surface area contributed by atoms with Gasteiger partial charge in [-0.3, -0.25) is 14.6 Å². The van der Waals surface area contributed by atoms with Crippen molar-refractivity contribution in [1.29, 1.82) is 0 Å². The molecule has 6 heteroatoms. The van der Waals surface area contributed by atoms with Crippen LogP contribution >= 0.6 is 0 Å². The Balaban J connectivity index is 1.52. The first-order chi connectivity index (χ1) is 11.6. The van der Waals surface area contributed by atoms with E-state index in [0.717, 1.165) is 44.0 Å². The summed E-state index contributed by atoms with van der Waals surface area (Å²) >= 11 is 0. The van der Waals surface area contributed by atoms with Gasteiger partial charge in [-0.1, -0.05) is 0 Å². The molecule has 3 heterocycles. The number of aryl methyl sites for hydroxylation is 1. The number of rotatable bonds is 6. The summed E-state index contributed by atoms with van der Waals surface area (Å²) in [6, 6.07) is 4.00. The first-order valence-electron chi connectivity index (χ1n) is 8.63. The van der Waals surface area contributed by atoms with Gasteiger partial charge in [0, 0.05) is 69.5 Å². The Kier molecular flexibility index (Phi) is 5.60. The maximum absolute atomic E-state index is 5.78. The largest absolute Gasteiger partial charge is 0.373 e. The van der Waals surface area contributed by atoms with Crippen molar-refractivity contribution in [2.45, 2.75) is 32.6 Å². The number of nitrogens with one attached hydrogen (secondary N) is 1. The lowest BCUT2D eigenvalue weighted by Gasteiger charge is -2.35. The van der Waals surface area contributed by atoms with Crippen LogP contribution in [0, 0.1) is 0 Å². The maximum atomic E-state index is 5.78. The lowest BCUT2D eigenvalue weighted by Crippen LogP contribution is -2.47. The quantitative estimate of drug-likeness (QED) is 0.817. The van der Waals surface area contributed by atoms with Crippen molar-refractivity contribution in [3.8, 4) is 11.3 Å². The second-order valence-electron chi connectivity index (χ2n) is 6.61. The molecular weight excluding hydrogens is 302 g/mol. The molecule has 2 aromatic rings. The van der Waals surface area contributed by atoms with Crippen LogP contribution in [0.25, 0.3) is 11.3 Å². The summed E-state index contributed by atoms with van der Waals surface area (Å²) in [5, 5.41) is 8.12. The van der Waals surface area contributed by atoms with Gasteiger partial charge in [0.1, 0.15) is 0 Å². The van der Waals surface area contributed by atoms with Crippen molar-refractivity contribution >= 4 is 0 Å². The van der Waals surface area contributed by atoms with Gasteiger partial charge < -0.3 is 10.1 Å². The molecule has 2 atom stereocenters. The van der Waals surface area contributed by atoms with E-state index in [4.69, 9.17) is 4.74 Å². The fraction of sp³-hybridized carbons (Fsp3) is 0.556. The molecule has 1 N–H and O–H groups in total. The molecule has 24 heavy (non-hydrogen) atoms. The highest BCUT2D eigenvalue weighted by atomic mass is 16.5. The molecule has 6 nitrogen and oxygen atoms in total. The zero-order valence-corrected chi connectivity index (χ0v) is 14.8. The van der Waals surface area contributed by atoms with Crippen molar-refractivity contribution in [2.75, 3.05) is 26.2 Å². The molecule has 0 unspecified atom stereocenters. The van der Waals surface area contributed by atoms with E-state index in [2.05, 4.69) is 46.4 Å². The predicted molar refractivity (Wildman–Crippen MR) is 94.6 cm³/mol. The average Bonchev–Trinajstić information content (AvgIpc) is 2.92. The van der Waals surface area contributed by atoms with Crippen molar-refractivity contribution in [3.05, 3.63) is 36.3 Å². The lowest BCUT2D eigenvalue weighted by molar-refractivity contribution is -0.0674. The summed E-state index contributed by atoms with van der Waals surface area (Å²) in [4.78, 5) is 6.66. The Morgan fingerprint density at radius 1 is 1.29 bits per heavy atom. The molecule has 0 radical (unpaired) electrons. The lowest BCUT2D eigenvalue weighted by atomic mass is 10.1. The number of hydrogen-bond acceptors (Lipinski definition) is 5. The fourth-order valence-corrected chi connectivity index (χ4v) is 3.34. The first kappa shape index (κ1) is 17.1. The molecule has 2 aromatic heterocycles. The Bertz CT molecular complexity index is 632. The van der Waals surface area contributed by atoms with E-state index < -0.39 is 0 Å². The van der Waals surface area contributed by atoms with Gasteiger partial charge in [-0.25, -0.2) is 0 Å². The molecular formula is C18H27N5O. The van der Waals surface area contributed by atoms with E-state index in [0.29, 0.717) is 12.2 Å². The topological polar surface area (TPSA) is 55.2 Å². The van der Waals surface area contributed by atoms with E-state index in [9.17, 15) is 0 Å². The third kappa shape index (κ3) is 4.41. The molecule has 1 saturated heterocycles. The van der Waals surface area contributed by atoms with E-state index in [1.807, 2.05) is 24.0 Å². The number of aromatic nitrogens is 3. The molecule has 0 saturated carbocycles. The number of nitrogens with zero attached hydrogens (tertiary/aromatic N) is 4. The molecule has 0 aliphatic carbocycles. The third-order valence-electron chi connectivity index (χ3n) is 4.26. The van der Waals surface area contributed by atoms with Crippen LogP contribution in [0.15, 0.2) is 30.7 Å². The van der Waals surface area contributed by atoms with Gasteiger partial charge in [0.15, 0.2) is 0 Å². The fourth-order valence-electron chi connectivity index (χ4n) is 3.34. The van der Waals surface area contributed by atoms with Gasteiger partial charge >= 0.3 is 0 Å². The van der Waals surface area contributed by atoms with Gasteiger partial charge in [0.05, 0.1) is 17.9 Å². The zero-order valence-electron chi connectivity index (χ0n) is 14.8. The van der Waals surface area contributed by atoms with Crippen LogP contribution in [-0.2, 0) is 18.3 Å². The minimum absolute atomic E-state index is 0.323. The maximum Gasteiger partial charge on any atom is 0.0983 e. The van der Waals surface area contributed by atoms with E-state index in [1.165, 1.54) is 5.56 Å². The Hall–Kier alpha value is -1.76. The van der Waals surface area contributed by atoms with E-state index in [-0.39, 0.29) is 0 Å². The van der Waals surface area contributed by atoms with Crippen LogP contribution in [0.2, 0.25) is 0 Å². The molecule has 0 bridgehead atoms. The van der Waals surface area contributed by atoms with Crippen LogP contribution in [0.1, 0.15) is 19.4 Å². The molecule has 0 aromatic carbocycles.